The molecule has 0 aliphatic carbocycles. The molecule has 1 atom stereocenters. The summed E-state index contributed by atoms with van der Waals surface area (Å²) < 4.78 is 30.6. The van der Waals surface area contributed by atoms with Gasteiger partial charge in [-0.05, 0) is 6.42 Å². The summed E-state index contributed by atoms with van der Waals surface area (Å²) in [6, 6.07) is 0. The molecule has 70 valence electrons. The van der Waals surface area contributed by atoms with Gasteiger partial charge in [0.25, 0.3) is 10.1 Å². The first-order chi connectivity index (χ1) is 5.53. The summed E-state index contributed by atoms with van der Waals surface area (Å²) in [4.78, 5) is 10.6. The predicted octanol–water partition coefficient (Wildman–Crippen LogP) is -0.332. The monoisotopic (exact) mass is 194 g/mol. The van der Waals surface area contributed by atoms with Crippen LogP contribution in [0.4, 0.5) is 0 Å². The predicted molar refractivity (Wildman–Crippen MR) is 39.9 cm³/mol. The van der Waals surface area contributed by atoms with Crippen molar-refractivity contribution in [3.05, 3.63) is 0 Å². The van der Waals surface area contributed by atoms with Gasteiger partial charge in [-0.25, -0.2) is 0 Å². The molecular formula is C6H10O5S. The van der Waals surface area contributed by atoms with Gasteiger partial charge in [0, 0.05) is 6.42 Å². The van der Waals surface area contributed by atoms with Gasteiger partial charge < -0.3 is 4.74 Å². The van der Waals surface area contributed by atoms with Crippen LogP contribution in [0.25, 0.3) is 0 Å². The third-order valence-corrected chi connectivity index (χ3v) is 2.90. The normalized spacial score (nSPS) is 24.1. The Labute approximate surface area is 70.8 Å². The van der Waals surface area contributed by atoms with Crippen LogP contribution < -0.4 is 0 Å². The Kier molecular flexibility index (Phi) is 2.69. The molecule has 1 fully saturated rings. The number of ether oxygens (including phenoxy) is 1. The molecule has 1 aliphatic heterocycles. The van der Waals surface area contributed by atoms with E-state index in [4.69, 9.17) is 4.74 Å². The third-order valence-electron chi connectivity index (χ3n) is 1.61. The highest BCUT2D eigenvalue weighted by atomic mass is 32.2. The maximum absolute atomic E-state index is 10.8. The Balaban J connectivity index is 2.48. The van der Waals surface area contributed by atoms with E-state index in [1.165, 1.54) is 0 Å². The molecule has 5 nitrogen and oxygen atoms in total. The van der Waals surface area contributed by atoms with Crippen molar-refractivity contribution in [2.24, 2.45) is 0 Å². The van der Waals surface area contributed by atoms with Crippen molar-refractivity contribution in [3.63, 3.8) is 0 Å². The van der Waals surface area contributed by atoms with Gasteiger partial charge in [0.05, 0.1) is 7.11 Å². The number of hydrogen-bond donors (Lipinski definition) is 0. The SMILES string of the molecule is COS(=O)(=O)CC1CCC(=O)O1. The molecule has 0 aromatic carbocycles. The van der Waals surface area contributed by atoms with E-state index >= 15 is 0 Å². The largest absolute Gasteiger partial charge is 0.461 e. The first-order valence-corrected chi connectivity index (χ1v) is 5.09. The zero-order valence-corrected chi connectivity index (χ0v) is 7.46. The minimum Gasteiger partial charge on any atom is -0.461 e. The Hall–Kier alpha value is -0.620. The van der Waals surface area contributed by atoms with Crippen molar-refractivity contribution < 1.29 is 22.1 Å². The molecule has 1 saturated heterocycles. The summed E-state index contributed by atoms with van der Waals surface area (Å²) in [5.41, 5.74) is 0. The molecule has 0 amide bonds. The lowest BCUT2D eigenvalue weighted by Gasteiger charge is -2.07. The summed E-state index contributed by atoms with van der Waals surface area (Å²) in [6.45, 7) is 0. The van der Waals surface area contributed by atoms with E-state index in [1.54, 1.807) is 0 Å². The van der Waals surface area contributed by atoms with E-state index in [1.807, 2.05) is 0 Å². The first kappa shape index (κ1) is 9.47. The number of hydrogen-bond acceptors (Lipinski definition) is 5. The highest BCUT2D eigenvalue weighted by molar-refractivity contribution is 7.86. The average Bonchev–Trinajstić information content (AvgIpc) is 2.35. The molecule has 6 heteroatoms. The fraction of sp³-hybridized carbons (Fsp3) is 0.833. The van der Waals surface area contributed by atoms with E-state index in [0.29, 0.717) is 12.8 Å². The van der Waals surface area contributed by atoms with Crippen LogP contribution in [0, 0.1) is 0 Å². The smallest absolute Gasteiger partial charge is 0.306 e. The zero-order chi connectivity index (χ0) is 9.19. The molecular weight excluding hydrogens is 184 g/mol. The van der Waals surface area contributed by atoms with Crippen molar-refractivity contribution in [1.82, 2.24) is 0 Å². The number of esters is 1. The molecule has 12 heavy (non-hydrogen) atoms. The van der Waals surface area contributed by atoms with Gasteiger partial charge in [-0.15, -0.1) is 0 Å². The van der Waals surface area contributed by atoms with Crippen LogP contribution in [-0.4, -0.2) is 33.4 Å². The number of carbonyl (C=O) groups is 1. The van der Waals surface area contributed by atoms with E-state index in [9.17, 15) is 13.2 Å². The molecule has 1 rings (SSSR count). The fourth-order valence-electron chi connectivity index (χ4n) is 0.996. The molecule has 0 aromatic rings. The molecule has 0 bridgehead atoms. The highest BCUT2D eigenvalue weighted by Crippen LogP contribution is 2.15. The van der Waals surface area contributed by atoms with Crippen molar-refractivity contribution in [1.29, 1.82) is 0 Å². The molecule has 0 aromatic heterocycles. The molecule has 1 unspecified atom stereocenters. The van der Waals surface area contributed by atoms with E-state index in [0.717, 1.165) is 7.11 Å². The second-order valence-electron chi connectivity index (χ2n) is 2.54. The summed E-state index contributed by atoms with van der Waals surface area (Å²) in [6.07, 6.45) is 0.230. The Morgan fingerprint density at radius 1 is 1.67 bits per heavy atom. The molecule has 0 spiro atoms. The molecule has 0 saturated carbocycles. The minimum atomic E-state index is -3.50. The average molecular weight is 194 g/mol. The van der Waals surface area contributed by atoms with Crippen LogP contribution in [-0.2, 0) is 23.8 Å². The second-order valence-corrected chi connectivity index (χ2v) is 4.32. The second kappa shape index (κ2) is 3.40. The topological polar surface area (TPSA) is 69.7 Å². The van der Waals surface area contributed by atoms with Crippen molar-refractivity contribution >= 4 is 16.1 Å². The molecule has 1 heterocycles. The highest BCUT2D eigenvalue weighted by Gasteiger charge is 2.28. The van der Waals surface area contributed by atoms with Crippen LogP contribution in [0.5, 0.6) is 0 Å². The third kappa shape index (κ3) is 2.46. The van der Waals surface area contributed by atoms with Gasteiger partial charge in [-0.1, -0.05) is 0 Å². The Morgan fingerprint density at radius 2 is 2.33 bits per heavy atom. The van der Waals surface area contributed by atoms with Crippen LogP contribution in [0.1, 0.15) is 12.8 Å². The molecule has 0 radical (unpaired) electrons. The van der Waals surface area contributed by atoms with Gasteiger partial charge in [0.1, 0.15) is 11.9 Å². The summed E-state index contributed by atoms with van der Waals surface area (Å²) in [5.74, 6) is -0.582. The lowest BCUT2D eigenvalue weighted by Crippen LogP contribution is -2.21. The number of cyclic esters (lactones) is 1. The molecule has 1 aliphatic rings. The first-order valence-electron chi connectivity index (χ1n) is 3.51. The van der Waals surface area contributed by atoms with Crippen LogP contribution in [0.2, 0.25) is 0 Å². The Bertz CT molecular complexity index is 268. The van der Waals surface area contributed by atoms with Gasteiger partial charge in [0.15, 0.2) is 0 Å². The quantitative estimate of drug-likeness (QED) is 0.454. The summed E-state index contributed by atoms with van der Waals surface area (Å²) >= 11 is 0. The van der Waals surface area contributed by atoms with Crippen molar-refractivity contribution in [2.75, 3.05) is 12.9 Å². The number of rotatable bonds is 3. The standard InChI is InChI=1S/C6H10O5S/c1-10-12(8,9)4-5-2-3-6(7)11-5/h5H,2-4H2,1H3. The van der Waals surface area contributed by atoms with Crippen LogP contribution >= 0.6 is 0 Å². The summed E-state index contributed by atoms with van der Waals surface area (Å²) in [5, 5.41) is 0. The zero-order valence-electron chi connectivity index (χ0n) is 6.65. The van der Waals surface area contributed by atoms with E-state index in [2.05, 4.69) is 4.18 Å². The van der Waals surface area contributed by atoms with Gasteiger partial charge in [-0.2, -0.15) is 8.42 Å². The van der Waals surface area contributed by atoms with E-state index < -0.39 is 16.2 Å². The van der Waals surface area contributed by atoms with Crippen LogP contribution in [0.15, 0.2) is 0 Å². The van der Waals surface area contributed by atoms with Gasteiger partial charge >= 0.3 is 5.97 Å². The lowest BCUT2D eigenvalue weighted by atomic mass is 10.3. The summed E-state index contributed by atoms with van der Waals surface area (Å²) in [7, 11) is -2.41. The van der Waals surface area contributed by atoms with Gasteiger partial charge in [-0.3, -0.25) is 8.98 Å². The van der Waals surface area contributed by atoms with Gasteiger partial charge in [0.2, 0.25) is 0 Å². The maximum atomic E-state index is 10.8. The van der Waals surface area contributed by atoms with Crippen LogP contribution in [0.3, 0.4) is 0 Å². The maximum Gasteiger partial charge on any atom is 0.306 e. The van der Waals surface area contributed by atoms with E-state index in [-0.39, 0.29) is 11.7 Å². The fourth-order valence-corrected chi connectivity index (χ4v) is 1.82. The molecule has 0 N–H and O–H groups in total. The minimum absolute atomic E-state index is 0.241. The number of carbonyl (C=O) groups excluding carboxylic acids is 1. The lowest BCUT2D eigenvalue weighted by molar-refractivity contribution is -0.140. The Morgan fingerprint density at radius 3 is 2.75 bits per heavy atom. The van der Waals surface area contributed by atoms with Crippen molar-refractivity contribution in [2.45, 2.75) is 18.9 Å². The van der Waals surface area contributed by atoms with Crippen molar-refractivity contribution in [3.8, 4) is 0 Å².